The lowest BCUT2D eigenvalue weighted by atomic mass is 10.1. The SMILES string of the molecule is Clc1ccc(-c2nc(-c3ccccc3)n[n+]3ccc4ccccc4c23)cc1. The van der Waals surface area contributed by atoms with E-state index in [1.54, 1.807) is 0 Å². The van der Waals surface area contributed by atoms with Gasteiger partial charge in [-0.3, -0.25) is 0 Å². The van der Waals surface area contributed by atoms with Gasteiger partial charge in [0.1, 0.15) is 5.69 Å². The summed E-state index contributed by atoms with van der Waals surface area (Å²) in [5.41, 5.74) is 3.86. The number of fused-ring (bicyclic) bond motifs is 3. The Labute approximate surface area is 161 Å². The summed E-state index contributed by atoms with van der Waals surface area (Å²) in [6.07, 6.45) is 1.99. The van der Waals surface area contributed by atoms with Gasteiger partial charge in [0.2, 0.25) is 12.0 Å². The van der Waals surface area contributed by atoms with Gasteiger partial charge in [-0.05, 0) is 28.1 Å². The summed E-state index contributed by atoms with van der Waals surface area (Å²) in [7, 11) is 0. The molecule has 3 nitrogen and oxygen atoms in total. The standard InChI is InChI=1S/C23H15ClN3/c24-19-12-10-17(11-13-19)21-22-20-9-5-4-6-16(20)14-15-27(22)26-23(25-21)18-7-2-1-3-8-18/h1-15H/q+1. The summed E-state index contributed by atoms with van der Waals surface area (Å²) in [6.45, 7) is 0. The second-order valence-corrected chi connectivity index (χ2v) is 6.79. The fourth-order valence-corrected chi connectivity index (χ4v) is 3.45. The van der Waals surface area contributed by atoms with Crippen molar-refractivity contribution in [3.63, 3.8) is 0 Å². The molecule has 0 aliphatic carbocycles. The van der Waals surface area contributed by atoms with Crippen LogP contribution in [0.25, 0.3) is 38.9 Å². The molecule has 0 amide bonds. The third-order valence-corrected chi connectivity index (χ3v) is 4.89. The van der Waals surface area contributed by atoms with Gasteiger partial charge in [-0.15, -0.1) is 0 Å². The van der Waals surface area contributed by atoms with Gasteiger partial charge < -0.3 is 0 Å². The van der Waals surface area contributed by atoms with E-state index in [2.05, 4.69) is 18.2 Å². The Morgan fingerprint density at radius 2 is 1.44 bits per heavy atom. The monoisotopic (exact) mass is 368 g/mol. The molecule has 2 heterocycles. The number of pyridine rings is 1. The fourth-order valence-electron chi connectivity index (χ4n) is 3.33. The average Bonchev–Trinajstić information content (AvgIpc) is 2.74. The van der Waals surface area contributed by atoms with E-state index >= 15 is 0 Å². The maximum absolute atomic E-state index is 6.10. The van der Waals surface area contributed by atoms with Crippen LogP contribution in [0, 0.1) is 0 Å². The summed E-state index contributed by atoms with van der Waals surface area (Å²) >= 11 is 6.10. The topological polar surface area (TPSA) is 29.9 Å². The second-order valence-electron chi connectivity index (χ2n) is 6.35. The summed E-state index contributed by atoms with van der Waals surface area (Å²) in [6, 6.07) is 28.2. The first-order chi connectivity index (χ1) is 13.3. The lowest BCUT2D eigenvalue weighted by molar-refractivity contribution is -0.578. The van der Waals surface area contributed by atoms with Gasteiger partial charge in [0.15, 0.2) is 0 Å². The van der Waals surface area contributed by atoms with Crippen molar-refractivity contribution in [2.45, 2.75) is 0 Å². The molecule has 0 saturated carbocycles. The summed E-state index contributed by atoms with van der Waals surface area (Å²) in [4.78, 5) is 4.95. The van der Waals surface area contributed by atoms with E-state index < -0.39 is 0 Å². The van der Waals surface area contributed by atoms with Crippen LogP contribution in [-0.2, 0) is 0 Å². The van der Waals surface area contributed by atoms with Gasteiger partial charge in [-0.25, -0.2) is 4.98 Å². The van der Waals surface area contributed by atoms with Crippen molar-refractivity contribution in [1.29, 1.82) is 0 Å². The highest BCUT2D eigenvalue weighted by Crippen LogP contribution is 2.28. The van der Waals surface area contributed by atoms with Gasteiger partial charge in [0.25, 0.3) is 5.52 Å². The molecule has 0 radical (unpaired) electrons. The zero-order valence-electron chi connectivity index (χ0n) is 14.4. The molecule has 0 aliphatic heterocycles. The molecular formula is C23H15ClN3+. The van der Waals surface area contributed by atoms with Crippen molar-refractivity contribution < 1.29 is 4.52 Å². The van der Waals surface area contributed by atoms with Crippen molar-refractivity contribution in [3.8, 4) is 22.6 Å². The molecule has 0 spiro atoms. The minimum Gasteiger partial charge on any atom is -0.216 e. The van der Waals surface area contributed by atoms with Gasteiger partial charge in [0.05, 0.1) is 5.39 Å². The first kappa shape index (κ1) is 15.9. The highest BCUT2D eigenvalue weighted by atomic mass is 35.5. The van der Waals surface area contributed by atoms with Gasteiger partial charge in [0, 0.05) is 27.3 Å². The van der Waals surface area contributed by atoms with E-state index in [1.165, 1.54) is 0 Å². The van der Waals surface area contributed by atoms with Crippen LogP contribution in [0.3, 0.4) is 0 Å². The number of aromatic nitrogens is 3. The molecule has 5 aromatic rings. The Bertz CT molecular complexity index is 1270. The maximum atomic E-state index is 6.10. The van der Waals surface area contributed by atoms with Crippen LogP contribution in [0.4, 0.5) is 0 Å². The van der Waals surface area contributed by atoms with E-state index in [4.69, 9.17) is 21.7 Å². The molecule has 0 bridgehead atoms. The molecule has 0 unspecified atom stereocenters. The van der Waals surface area contributed by atoms with Crippen molar-refractivity contribution in [1.82, 2.24) is 10.1 Å². The van der Waals surface area contributed by atoms with Crippen LogP contribution in [0.15, 0.2) is 91.1 Å². The van der Waals surface area contributed by atoms with Crippen molar-refractivity contribution in [3.05, 3.63) is 96.1 Å². The number of rotatable bonds is 2. The fraction of sp³-hybridized carbons (Fsp3) is 0. The molecular weight excluding hydrogens is 354 g/mol. The van der Waals surface area contributed by atoms with E-state index in [0.29, 0.717) is 10.8 Å². The van der Waals surface area contributed by atoms with Crippen molar-refractivity contribution in [2.75, 3.05) is 0 Å². The summed E-state index contributed by atoms with van der Waals surface area (Å²) < 4.78 is 1.92. The lowest BCUT2D eigenvalue weighted by Crippen LogP contribution is -2.28. The molecule has 0 saturated heterocycles. The van der Waals surface area contributed by atoms with E-state index in [0.717, 1.165) is 33.1 Å². The minimum atomic E-state index is 0.688. The summed E-state index contributed by atoms with van der Waals surface area (Å²) in [5, 5.41) is 7.76. The molecule has 4 heteroatoms. The Hall–Kier alpha value is -3.30. The Balaban J connectivity index is 1.90. The molecule has 5 rings (SSSR count). The summed E-state index contributed by atoms with van der Waals surface area (Å²) in [5.74, 6) is 0.688. The first-order valence-corrected chi connectivity index (χ1v) is 9.10. The molecule has 0 aliphatic rings. The number of halogens is 1. The molecule has 128 valence electrons. The zero-order chi connectivity index (χ0) is 18.2. The van der Waals surface area contributed by atoms with Gasteiger partial charge in [-0.2, -0.15) is 0 Å². The Morgan fingerprint density at radius 1 is 0.704 bits per heavy atom. The second kappa shape index (κ2) is 6.45. The third-order valence-electron chi connectivity index (χ3n) is 4.63. The number of hydrogen-bond acceptors (Lipinski definition) is 2. The largest absolute Gasteiger partial charge is 0.272 e. The van der Waals surface area contributed by atoms with Crippen LogP contribution in [0.1, 0.15) is 0 Å². The average molecular weight is 369 g/mol. The Morgan fingerprint density at radius 3 is 2.26 bits per heavy atom. The van der Waals surface area contributed by atoms with Crippen LogP contribution in [-0.4, -0.2) is 10.1 Å². The Kier molecular flexibility index (Phi) is 3.80. The molecule has 0 N–H and O–H groups in total. The third kappa shape index (κ3) is 2.82. The zero-order valence-corrected chi connectivity index (χ0v) is 15.1. The highest BCUT2D eigenvalue weighted by Gasteiger charge is 2.20. The number of hydrogen-bond donors (Lipinski definition) is 0. The predicted octanol–water partition coefficient (Wildman–Crippen LogP) is 5.36. The van der Waals surface area contributed by atoms with Gasteiger partial charge >= 0.3 is 0 Å². The van der Waals surface area contributed by atoms with Crippen LogP contribution in [0.5, 0.6) is 0 Å². The van der Waals surface area contributed by atoms with Crippen LogP contribution >= 0.6 is 11.6 Å². The van der Waals surface area contributed by atoms with E-state index in [-0.39, 0.29) is 0 Å². The van der Waals surface area contributed by atoms with E-state index in [1.807, 2.05) is 77.4 Å². The van der Waals surface area contributed by atoms with Crippen molar-refractivity contribution in [2.24, 2.45) is 0 Å². The quantitative estimate of drug-likeness (QED) is 0.310. The van der Waals surface area contributed by atoms with Crippen LogP contribution < -0.4 is 4.52 Å². The maximum Gasteiger partial charge on any atom is 0.272 e. The van der Waals surface area contributed by atoms with Crippen LogP contribution in [0.2, 0.25) is 5.02 Å². The number of nitrogens with zero attached hydrogens (tertiary/aromatic N) is 3. The molecule has 27 heavy (non-hydrogen) atoms. The first-order valence-electron chi connectivity index (χ1n) is 8.72. The highest BCUT2D eigenvalue weighted by molar-refractivity contribution is 6.30. The predicted molar refractivity (Wildman–Crippen MR) is 109 cm³/mol. The normalized spacial score (nSPS) is 11.1. The van der Waals surface area contributed by atoms with Crippen molar-refractivity contribution >= 4 is 27.9 Å². The number of benzene rings is 3. The minimum absolute atomic E-state index is 0.688. The molecule has 2 aromatic heterocycles. The lowest BCUT2D eigenvalue weighted by Gasteiger charge is -2.06. The smallest absolute Gasteiger partial charge is 0.216 e. The van der Waals surface area contributed by atoms with E-state index in [9.17, 15) is 0 Å². The molecule has 0 fully saturated rings. The molecule has 0 atom stereocenters. The van der Waals surface area contributed by atoms with Gasteiger partial charge in [-0.1, -0.05) is 72.3 Å². The molecule has 3 aromatic carbocycles.